The van der Waals surface area contributed by atoms with E-state index in [1.807, 2.05) is 19.1 Å². The van der Waals surface area contributed by atoms with E-state index in [-0.39, 0.29) is 6.04 Å². The van der Waals surface area contributed by atoms with Crippen LogP contribution in [0, 0.1) is 5.92 Å². The van der Waals surface area contributed by atoms with Crippen LogP contribution in [-0.2, 0) is 15.4 Å². The van der Waals surface area contributed by atoms with Crippen LogP contribution in [0.3, 0.4) is 0 Å². The maximum absolute atomic E-state index is 12.3. The fourth-order valence-corrected chi connectivity index (χ4v) is 4.31. The molecule has 1 aromatic carbocycles. The van der Waals surface area contributed by atoms with Gasteiger partial charge in [-0.25, -0.2) is 13.1 Å². The number of nitrogens with one attached hydrogen (secondary N) is 1. The smallest absolute Gasteiger partial charge is 0.208 e. The third-order valence-corrected chi connectivity index (χ3v) is 6.06. The predicted octanol–water partition coefficient (Wildman–Crippen LogP) is 3.44. The van der Waals surface area contributed by atoms with E-state index in [2.05, 4.69) is 20.7 Å². The van der Waals surface area contributed by atoms with Gasteiger partial charge in [-0.1, -0.05) is 40.9 Å². The lowest BCUT2D eigenvalue weighted by Crippen LogP contribution is -2.37. The first-order valence-electron chi connectivity index (χ1n) is 6.70. The Kier molecular flexibility index (Phi) is 5.03. The highest BCUT2D eigenvalue weighted by Gasteiger charge is 2.25. The Hall–Kier alpha value is -0.390. The van der Waals surface area contributed by atoms with Gasteiger partial charge in [0.2, 0.25) is 10.0 Å². The van der Waals surface area contributed by atoms with Crippen molar-refractivity contribution in [3.63, 3.8) is 0 Å². The first-order chi connectivity index (χ1) is 9.03. The molecule has 1 fully saturated rings. The zero-order chi connectivity index (χ0) is 13.9. The van der Waals surface area contributed by atoms with E-state index in [1.54, 1.807) is 12.1 Å². The maximum atomic E-state index is 12.3. The molecule has 0 bridgehead atoms. The molecule has 19 heavy (non-hydrogen) atoms. The van der Waals surface area contributed by atoms with Crippen LogP contribution >= 0.6 is 15.9 Å². The number of sulfonamides is 1. The van der Waals surface area contributed by atoms with E-state index in [0.717, 1.165) is 23.7 Å². The van der Waals surface area contributed by atoms with E-state index in [9.17, 15) is 8.42 Å². The summed E-state index contributed by atoms with van der Waals surface area (Å²) >= 11 is 3.35. The van der Waals surface area contributed by atoms with Crippen LogP contribution < -0.4 is 4.72 Å². The molecule has 0 heterocycles. The molecule has 0 unspecified atom stereocenters. The molecule has 1 aliphatic rings. The Labute approximate surface area is 124 Å². The summed E-state index contributed by atoms with van der Waals surface area (Å²) in [6.45, 7) is 1.97. The number of benzene rings is 1. The lowest BCUT2D eigenvalue weighted by molar-refractivity contribution is 0.424. The molecule has 0 saturated heterocycles. The summed E-state index contributed by atoms with van der Waals surface area (Å²) in [4.78, 5) is 0.349. The van der Waals surface area contributed by atoms with Crippen molar-refractivity contribution in [2.45, 2.75) is 48.9 Å². The number of rotatable bonds is 5. The zero-order valence-corrected chi connectivity index (χ0v) is 13.5. The minimum atomic E-state index is -3.39. The Morgan fingerprint density at radius 1 is 1.26 bits per heavy atom. The lowest BCUT2D eigenvalue weighted by atomic mass is 10.0. The highest BCUT2D eigenvalue weighted by molar-refractivity contribution is 9.08. The highest BCUT2D eigenvalue weighted by Crippen LogP contribution is 2.28. The summed E-state index contributed by atoms with van der Waals surface area (Å²) in [7, 11) is -3.39. The van der Waals surface area contributed by atoms with Crippen molar-refractivity contribution in [1.29, 1.82) is 0 Å². The summed E-state index contributed by atoms with van der Waals surface area (Å²) < 4.78 is 27.4. The SMILES string of the molecule is C[C@H](NS(=O)(=O)c1ccc(CBr)cc1)C1CCCC1. The predicted molar refractivity (Wildman–Crippen MR) is 80.8 cm³/mol. The van der Waals surface area contributed by atoms with Crippen molar-refractivity contribution in [3.05, 3.63) is 29.8 Å². The molecule has 5 heteroatoms. The second-order valence-electron chi connectivity index (χ2n) is 5.23. The molecule has 1 N–H and O–H groups in total. The standard InChI is InChI=1S/C14H20BrNO2S/c1-11(13-4-2-3-5-13)16-19(17,18)14-8-6-12(10-15)7-9-14/h6-9,11,13,16H,2-5,10H2,1H3/t11-/m0/s1. The summed E-state index contributed by atoms with van der Waals surface area (Å²) in [6, 6.07) is 7.02. The van der Waals surface area contributed by atoms with Crippen LogP contribution in [0.4, 0.5) is 0 Å². The molecule has 0 spiro atoms. The third kappa shape index (κ3) is 3.80. The second kappa shape index (κ2) is 6.37. The van der Waals surface area contributed by atoms with Crippen molar-refractivity contribution in [2.75, 3.05) is 0 Å². The van der Waals surface area contributed by atoms with Crippen LogP contribution in [0.5, 0.6) is 0 Å². The van der Waals surface area contributed by atoms with Crippen molar-refractivity contribution >= 4 is 26.0 Å². The van der Waals surface area contributed by atoms with Gasteiger partial charge >= 0.3 is 0 Å². The highest BCUT2D eigenvalue weighted by atomic mass is 79.9. The average molecular weight is 346 g/mol. The molecule has 1 aliphatic carbocycles. The summed E-state index contributed by atoms with van der Waals surface area (Å²) in [5.74, 6) is 0.483. The lowest BCUT2D eigenvalue weighted by Gasteiger charge is -2.20. The van der Waals surface area contributed by atoms with Crippen molar-refractivity contribution in [2.24, 2.45) is 5.92 Å². The Morgan fingerprint density at radius 3 is 2.37 bits per heavy atom. The van der Waals surface area contributed by atoms with E-state index in [4.69, 9.17) is 0 Å². The molecule has 1 atom stereocenters. The fraction of sp³-hybridized carbons (Fsp3) is 0.571. The number of alkyl halides is 1. The van der Waals surface area contributed by atoms with Gasteiger partial charge in [0.1, 0.15) is 0 Å². The second-order valence-corrected chi connectivity index (χ2v) is 7.51. The molecule has 106 valence electrons. The number of halogens is 1. The molecule has 2 rings (SSSR count). The van der Waals surface area contributed by atoms with Crippen molar-refractivity contribution in [1.82, 2.24) is 4.72 Å². The van der Waals surface area contributed by atoms with Gasteiger partial charge < -0.3 is 0 Å². The van der Waals surface area contributed by atoms with Crippen molar-refractivity contribution < 1.29 is 8.42 Å². The maximum Gasteiger partial charge on any atom is 0.240 e. The monoisotopic (exact) mass is 345 g/mol. The van der Waals surface area contributed by atoms with Gasteiger partial charge in [-0.2, -0.15) is 0 Å². The van der Waals surface area contributed by atoms with Crippen LogP contribution in [0.15, 0.2) is 29.2 Å². The minimum Gasteiger partial charge on any atom is -0.208 e. The van der Waals surface area contributed by atoms with Gasteiger partial charge in [0.25, 0.3) is 0 Å². The van der Waals surface area contributed by atoms with E-state index in [0.29, 0.717) is 10.8 Å². The normalized spacial score (nSPS) is 18.6. The fourth-order valence-electron chi connectivity index (χ4n) is 2.62. The van der Waals surface area contributed by atoms with Gasteiger partial charge in [-0.3, -0.25) is 0 Å². The summed E-state index contributed by atoms with van der Waals surface area (Å²) in [5.41, 5.74) is 1.07. The molecule has 1 aromatic rings. The first-order valence-corrected chi connectivity index (χ1v) is 9.30. The van der Waals surface area contributed by atoms with E-state index >= 15 is 0 Å². The van der Waals surface area contributed by atoms with E-state index in [1.165, 1.54) is 12.8 Å². The van der Waals surface area contributed by atoms with E-state index < -0.39 is 10.0 Å². The van der Waals surface area contributed by atoms with Gasteiger partial charge in [-0.05, 0) is 43.4 Å². The molecular formula is C14H20BrNO2S. The third-order valence-electron chi connectivity index (χ3n) is 3.84. The number of hydrogen-bond donors (Lipinski definition) is 1. The number of hydrogen-bond acceptors (Lipinski definition) is 2. The van der Waals surface area contributed by atoms with Gasteiger partial charge in [0.05, 0.1) is 4.90 Å². The topological polar surface area (TPSA) is 46.2 Å². The van der Waals surface area contributed by atoms with Gasteiger partial charge in [-0.15, -0.1) is 0 Å². The van der Waals surface area contributed by atoms with Gasteiger partial charge in [0.15, 0.2) is 0 Å². The molecule has 0 radical (unpaired) electrons. The minimum absolute atomic E-state index is 0.0170. The van der Waals surface area contributed by atoms with Crippen LogP contribution in [0.25, 0.3) is 0 Å². The summed E-state index contributed by atoms with van der Waals surface area (Å²) in [6.07, 6.45) is 4.70. The molecule has 0 amide bonds. The van der Waals surface area contributed by atoms with Crippen LogP contribution in [0.1, 0.15) is 38.2 Å². The quantitative estimate of drug-likeness (QED) is 0.830. The Balaban J connectivity index is 2.08. The molecule has 3 nitrogen and oxygen atoms in total. The molecule has 0 aromatic heterocycles. The molecule has 1 saturated carbocycles. The largest absolute Gasteiger partial charge is 0.240 e. The average Bonchev–Trinajstić information content (AvgIpc) is 2.92. The molecular weight excluding hydrogens is 326 g/mol. The Morgan fingerprint density at radius 2 is 1.84 bits per heavy atom. The zero-order valence-electron chi connectivity index (χ0n) is 11.1. The first kappa shape index (κ1) is 15.0. The van der Waals surface area contributed by atoms with Gasteiger partial charge in [0, 0.05) is 11.4 Å². The molecule has 0 aliphatic heterocycles. The van der Waals surface area contributed by atoms with Crippen molar-refractivity contribution in [3.8, 4) is 0 Å². The Bertz CT molecular complexity index is 507. The van der Waals surface area contributed by atoms with Crippen LogP contribution in [-0.4, -0.2) is 14.5 Å². The summed E-state index contributed by atoms with van der Waals surface area (Å²) in [5, 5.41) is 0.735. The van der Waals surface area contributed by atoms with Crippen LogP contribution in [0.2, 0.25) is 0 Å².